The Hall–Kier alpha value is -1.71. The summed E-state index contributed by atoms with van der Waals surface area (Å²) >= 11 is 18.1. The number of hydrogen-bond donors (Lipinski definition) is 1. The van der Waals surface area contributed by atoms with Crippen molar-refractivity contribution in [3.8, 4) is 5.75 Å². The maximum absolute atomic E-state index is 6.20. The average molecular weight is 421 g/mol. The van der Waals surface area contributed by atoms with E-state index in [1.165, 1.54) is 5.56 Å². The van der Waals surface area contributed by atoms with E-state index >= 15 is 0 Å². The SMILES string of the molecule is Clc1cccc(COc2cccc(CNCCc3ccc(Cl)cc3Cl)c2)c1. The highest BCUT2D eigenvalue weighted by Crippen LogP contribution is 2.21. The lowest BCUT2D eigenvalue weighted by Gasteiger charge is -2.10. The average Bonchev–Trinajstić information content (AvgIpc) is 2.65. The number of benzene rings is 3. The van der Waals surface area contributed by atoms with Crippen molar-refractivity contribution in [3.05, 3.63) is 98.5 Å². The summed E-state index contributed by atoms with van der Waals surface area (Å²) in [6.45, 7) is 2.08. The van der Waals surface area contributed by atoms with Gasteiger partial charge in [0, 0.05) is 21.6 Å². The Balaban J connectivity index is 1.47. The maximum Gasteiger partial charge on any atom is 0.120 e. The Kier molecular flexibility index (Phi) is 7.42. The van der Waals surface area contributed by atoms with Gasteiger partial charge >= 0.3 is 0 Å². The van der Waals surface area contributed by atoms with Gasteiger partial charge in [0.05, 0.1) is 0 Å². The molecule has 3 aromatic rings. The highest BCUT2D eigenvalue weighted by Gasteiger charge is 2.02. The molecule has 0 aliphatic rings. The molecule has 0 heterocycles. The molecule has 0 radical (unpaired) electrons. The van der Waals surface area contributed by atoms with Gasteiger partial charge in [-0.3, -0.25) is 0 Å². The van der Waals surface area contributed by atoms with Gasteiger partial charge < -0.3 is 10.1 Å². The topological polar surface area (TPSA) is 21.3 Å². The second kappa shape index (κ2) is 10.0. The first-order valence-corrected chi connectivity index (χ1v) is 9.84. The Bertz CT molecular complexity index is 898. The minimum Gasteiger partial charge on any atom is -0.489 e. The zero-order chi connectivity index (χ0) is 19.1. The lowest BCUT2D eigenvalue weighted by atomic mass is 10.1. The Labute approximate surface area is 175 Å². The van der Waals surface area contributed by atoms with Crippen molar-refractivity contribution in [2.45, 2.75) is 19.6 Å². The number of hydrogen-bond acceptors (Lipinski definition) is 2. The molecule has 2 nitrogen and oxygen atoms in total. The molecule has 0 atom stereocenters. The van der Waals surface area contributed by atoms with Gasteiger partial charge in [-0.15, -0.1) is 0 Å². The van der Waals surface area contributed by atoms with Crippen LogP contribution in [0.2, 0.25) is 15.1 Å². The van der Waals surface area contributed by atoms with Crippen LogP contribution in [0.5, 0.6) is 5.75 Å². The van der Waals surface area contributed by atoms with Gasteiger partial charge in [-0.05, 0) is 66.1 Å². The monoisotopic (exact) mass is 419 g/mol. The first-order chi connectivity index (χ1) is 13.1. The fraction of sp³-hybridized carbons (Fsp3) is 0.182. The summed E-state index contributed by atoms with van der Waals surface area (Å²) in [6, 6.07) is 21.4. The van der Waals surface area contributed by atoms with E-state index < -0.39 is 0 Å². The number of ether oxygens (including phenoxy) is 1. The summed E-state index contributed by atoms with van der Waals surface area (Å²) < 4.78 is 5.87. The molecule has 0 aromatic heterocycles. The Morgan fingerprint density at radius 1 is 0.778 bits per heavy atom. The van der Waals surface area contributed by atoms with E-state index in [1.54, 1.807) is 6.07 Å². The van der Waals surface area contributed by atoms with Crippen LogP contribution in [0.1, 0.15) is 16.7 Å². The fourth-order valence-corrected chi connectivity index (χ4v) is 3.43. The van der Waals surface area contributed by atoms with Crippen LogP contribution in [0.15, 0.2) is 66.7 Å². The highest BCUT2D eigenvalue weighted by molar-refractivity contribution is 6.35. The first-order valence-electron chi connectivity index (χ1n) is 8.71. The van der Waals surface area contributed by atoms with E-state index in [0.29, 0.717) is 16.7 Å². The van der Waals surface area contributed by atoms with Crippen molar-refractivity contribution in [2.75, 3.05) is 6.54 Å². The molecule has 5 heteroatoms. The van der Waals surface area contributed by atoms with Crippen LogP contribution in [0.3, 0.4) is 0 Å². The lowest BCUT2D eigenvalue weighted by Crippen LogP contribution is -2.16. The van der Waals surface area contributed by atoms with Crippen LogP contribution in [0.25, 0.3) is 0 Å². The van der Waals surface area contributed by atoms with E-state index in [0.717, 1.165) is 41.4 Å². The molecule has 3 rings (SSSR count). The molecule has 0 spiro atoms. The predicted molar refractivity (Wildman–Crippen MR) is 114 cm³/mol. The third kappa shape index (κ3) is 6.44. The third-order valence-corrected chi connectivity index (χ3v) is 4.93. The van der Waals surface area contributed by atoms with E-state index in [4.69, 9.17) is 39.5 Å². The van der Waals surface area contributed by atoms with Crippen LogP contribution in [0, 0.1) is 0 Å². The molecule has 0 fully saturated rings. The lowest BCUT2D eigenvalue weighted by molar-refractivity contribution is 0.306. The molecule has 3 aromatic carbocycles. The van der Waals surface area contributed by atoms with Crippen molar-refractivity contribution < 1.29 is 4.74 Å². The van der Waals surface area contributed by atoms with Crippen LogP contribution < -0.4 is 10.1 Å². The van der Waals surface area contributed by atoms with Gasteiger partial charge in [0.2, 0.25) is 0 Å². The maximum atomic E-state index is 6.20. The summed E-state index contributed by atoms with van der Waals surface area (Å²) in [5.74, 6) is 0.843. The van der Waals surface area contributed by atoms with Crippen LogP contribution in [-0.4, -0.2) is 6.54 Å². The van der Waals surface area contributed by atoms with Gasteiger partial charge in [0.25, 0.3) is 0 Å². The van der Waals surface area contributed by atoms with Crippen LogP contribution >= 0.6 is 34.8 Å². The minimum atomic E-state index is 0.493. The number of rotatable bonds is 8. The quantitative estimate of drug-likeness (QED) is 0.417. The Morgan fingerprint density at radius 3 is 2.37 bits per heavy atom. The molecular weight excluding hydrogens is 401 g/mol. The van der Waals surface area contributed by atoms with Crippen molar-refractivity contribution in [2.24, 2.45) is 0 Å². The predicted octanol–water partition coefficient (Wildman–Crippen LogP) is 6.56. The molecule has 0 aliphatic heterocycles. The summed E-state index contributed by atoms with van der Waals surface area (Å²) in [5.41, 5.74) is 3.30. The summed E-state index contributed by atoms with van der Waals surface area (Å²) in [7, 11) is 0. The zero-order valence-corrected chi connectivity index (χ0v) is 17.0. The van der Waals surface area contributed by atoms with Gasteiger partial charge in [-0.25, -0.2) is 0 Å². The largest absolute Gasteiger partial charge is 0.489 e. The van der Waals surface area contributed by atoms with E-state index in [9.17, 15) is 0 Å². The molecule has 0 unspecified atom stereocenters. The van der Waals surface area contributed by atoms with Gasteiger partial charge in [-0.1, -0.05) is 65.1 Å². The first kappa shape index (κ1) is 20.0. The molecule has 27 heavy (non-hydrogen) atoms. The van der Waals surface area contributed by atoms with E-state index in [2.05, 4.69) is 11.4 Å². The third-order valence-electron chi connectivity index (χ3n) is 4.11. The van der Waals surface area contributed by atoms with Crippen molar-refractivity contribution in [1.29, 1.82) is 0 Å². The van der Waals surface area contributed by atoms with E-state index in [1.807, 2.05) is 54.6 Å². The standard InChI is InChI=1S/C22H20Cl3NO/c23-19-5-1-4-17(11-19)15-27-21-6-2-3-16(12-21)14-26-10-9-18-7-8-20(24)13-22(18)25/h1-8,11-13,26H,9-10,14-15H2. The van der Waals surface area contributed by atoms with Crippen LogP contribution in [0.4, 0.5) is 0 Å². The van der Waals surface area contributed by atoms with Crippen LogP contribution in [-0.2, 0) is 19.6 Å². The second-order valence-corrected chi connectivity index (χ2v) is 7.51. The van der Waals surface area contributed by atoms with Crippen molar-refractivity contribution in [3.63, 3.8) is 0 Å². The molecular formula is C22H20Cl3NO. The van der Waals surface area contributed by atoms with E-state index in [-0.39, 0.29) is 0 Å². The van der Waals surface area contributed by atoms with Crippen molar-refractivity contribution in [1.82, 2.24) is 5.32 Å². The Morgan fingerprint density at radius 2 is 1.56 bits per heavy atom. The van der Waals surface area contributed by atoms with Gasteiger partial charge in [-0.2, -0.15) is 0 Å². The summed E-state index contributed by atoms with van der Waals surface area (Å²) in [4.78, 5) is 0. The van der Waals surface area contributed by atoms with Gasteiger partial charge in [0.1, 0.15) is 12.4 Å². The van der Waals surface area contributed by atoms with Crippen molar-refractivity contribution >= 4 is 34.8 Å². The smallest absolute Gasteiger partial charge is 0.120 e. The minimum absolute atomic E-state index is 0.493. The molecule has 0 aliphatic carbocycles. The molecule has 0 amide bonds. The fourth-order valence-electron chi connectivity index (χ4n) is 2.72. The highest BCUT2D eigenvalue weighted by atomic mass is 35.5. The van der Waals surface area contributed by atoms with Gasteiger partial charge in [0.15, 0.2) is 0 Å². The molecule has 0 bridgehead atoms. The molecule has 0 saturated carbocycles. The summed E-state index contributed by atoms with van der Waals surface area (Å²) in [5, 5.41) is 5.52. The molecule has 140 valence electrons. The molecule has 0 saturated heterocycles. The normalized spacial score (nSPS) is 10.8. The summed E-state index contributed by atoms with van der Waals surface area (Å²) in [6.07, 6.45) is 0.848. The number of halogens is 3. The number of nitrogens with one attached hydrogen (secondary N) is 1. The second-order valence-electron chi connectivity index (χ2n) is 6.23. The molecule has 1 N–H and O–H groups in total. The zero-order valence-electron chi connectivity index (χ0n) is 14.7.